The molecule has 2 rings (SSSR count). The van der Waals surface area contributed by atoms with Crippen LogP contribution < -0.4 is 16.0 Å². The normalized spacial score (nSPS) is 15.2. The topological polar surface area (TPSA) is 118 Å². The molecule has 0 saturated heterocycles. The Hall–Kier alpha value is -1.68. The number of hydrogen-bond acceptors (Lipinski definition) is 7. The van der Waals surface area contributed by atoms with E-state index >= 15 is 0 Å². The van der Waals surface area contributed by atoms with E-state index < -0.39 is 17.2 Å². The van der Waals surface area contributed by atoms with Crippen LogP contribution >= 0.6 is 23.1 Å². The second-order valence-corrected chi connectivity index (χ2v) is 8.18. The van der Waals surface area contributed by atoms with Crippen LogP contribution in [0.15, 0.2) is 4.34 Å². The van der Waals surface area contributed by atoms with Crippen molar-refractivity contribution in [2.75, 3.05) is 4.90 Å². The molecule has 0 radical (unpaired) electrons. The fourth-order valence-electron chi connectivity index (χ4n) is 2.11. The highest BCUT2D eigenvalue weighted by atomic mass is 32.2. The van der Waals surface area contributed by atoms with Crippen LogP contribution in [0.3, 0.4) is 0 Å². The van der Waals surface area contributed by atoms with E-state index in [1.807, 2.05) is 20.8 Å². The van der Waals surface area contributed by atoms with Gasteiger partial charge < -0.3 is 5.73 Å². The maximum Gasteiger partial charge on any atom is 0.318 e. The molecule has 1 unspecified atom stereocenters. The number of amides is 4. The third-order valence-corrected chi connectivity index (χ3v) is 5.97. The molecule has 8 nitrogen and oxygen atoms in total. The molecule has 3 N–H and O–H groups in total. The number of imide groups is 1. The van der Waals surface area contributed by atoms with Gasteiger partial charge in [-0.3, -0.25) is 19.8 Å². The molecule has 1 fully saturated rings. The largest absolute Gasteiger partial charge is 0.351 e. The third-order valence-electron chi connectivity index (χ3n) is 3.42. The first-order chi connectivity index (χ1) is 11.3. The highest BCUT2D eigenvalue weighted by Crippen LogP contribution is 2.38. The Morgan fingerprint density at radius 2 is 2.04 bits per heavy atom. The first-order valence-electron chi connectivity index (χ1n) is 7.76. The van der Waals surface area contributed by atoms with E-state index in [4.69, 9.17) is 5.73 Å². The third kappa shape index (κ3) is 4.67. The number of urea groups is 1. The number of anilines is 1. The SMILES string of the molecule is CCC(=O)N(c1nnc(SC(C(=O)NC(N)=O)C(C)C)s1)C1CC1. The first-order valence-corrected chi connectivity index (χ1v) is 9.45. The quantitative estimate of drug-likeness (QED) is 0.557. The molecular formula is C14H21N5O3S2. The summed E-state index contributed by atoms with van der Waals surface area (Å²) in [5.74, 6) is -0.460. The van der Waals surface area contributed by atoms with E-state index in [-0.39, 0.29) is 17.9 Å². The predicted octanol–water partition coefficient (Wildman–Crippen LogP) is 1.76. The van der Waals surface area contributed by atoms with Gasteiger partial charge in [-0.25, -0.2) is 4.79 Å². The van der Waals surface area contributed by atoms with E-state index in [2.05, 4.69) is 15.5 Å². The Kier molecular flexibility index (Phi) is 6.16. The van der Waals surface area contributed by atoms with Crippen molar-refractivity contribution >= 4 is 46.1 Å². The van der Waals surface area contributed by atoms with Gasteiger partial charge in [0.15, 0.2) is 4.34 Å². The molecule has 10 heteroatoms. The highest BCUT2D eigenvalue weighted by molar-refractivity contribution is 8.02. The van der Waals surface area contributed by atoms with Crippen LogP contribution in [-0.4, -0.2) is 39.3 Å². The van der Waals surface area contributed by atoms with Crippen LogP contribution in [0.4, 0.5) is 9.93 Å². The van der Waals surface area contributed by atoms with E-state index in [0.717, 1.165) is 12.8 Å². The maximum absolute atomic E-state index is 12.1. The van der Waals surface area contributed by atoms with Crippen molar-refractivity contribution in [1.29, 1.82) is 0 Å². The fraction of sp³-hybridized carbons (Fsp3) is 0.643. The second-order valence-electron chi connectivity index (χ2n) is 5.83. The second kappa shape index (κ2) is 7.93. The number of primary amides is 1. The lowest BCUT2D eigenvalue weighted by Gasteiger charge is -2.18. The van der Waals surface area contributed by atoms with Gasteiger partial charge in [0, 0.05) is 12.5 Å². The Bertz CT molecular complexity index is 630. The van der Waals surface area contributed by atoms with Gasteiger partial charge in [-0.05, 0) is 18.8 Å². The smallest absolute Gasteiger partial charge is 0.318 e. The number of nitrogens with two attached hydrogens (primary N) is 1. The standard InChI is InChI=1S/C14H21N5O3S2/c1-4-9(20)19(8-5-6-8)13-17-18-14(24-13)23-10(7(2)3)11(21)16-12(15)22/h7-8,10H,4-6H2,1-3H3,(H3,15,16,21,22). The molecule has 0 aliphatic heterocycles. The molecule has 0 spiro atoms. The van der Waals surface area contributed by atoms with Crippen LogP contribution in [-0.2, 0) is 9.59 Å². The monoisotopic (exact) mass is 371 g/mol. The van der Waals surface area contributed by atoms with Gasteiger partial charge in [0.05, 0.1) is 5.25 Å². The summed E-state index contributed by atoms with van der Waals surface area (Å²) in [7, 11) is 0. The van der Waals surface area contributed by atoms with Gasteiger partial charge in [0.2, 0.25) is 16.9 Å². The number of aromatic nitrogens is 2. The number of nitrogens with one attached hydrogen (secondary N) is 1. The summed E-state index contributed by atoms with van der Waals surface area (Å²) < 4.78 is 0.581. The molecule has 1 aromatic heterocycles. The molecular weight excluding hydrogens is 350 g/mol. The summed E-state index contributed by atoms with van der Waals surface area (Å²) in [4.78, 5) is 36.8. The van der Waals surface area contributed by atoms with Crippen molar-refractivity contribution < 1.29 is 14.4 Å². The highest BCUT2D eigenvalue weighted by Gasteiger charge is 2.35. The molecule has 24 heavy (non-hydrogen) atoms. The summed E-state index contributed by atoms with van der Waals surface area (Å²) >= 11 is 2.51. The summed E-state index contributed by atoms with van der Waals surface area (Å²) in [5, 5.41) is 10.3. The van der Waals surface area contributed by atoms with Crippen molar-refractivity contribution in [3.05, 3.63) is 0 Å². The van der Waals surface area contributed by atoms with Gasteiger partial charge in [-0.1, -0.05) is 43.9 Å². The van der Waals surface area contributed by atoms with Crippen LogP contribution in [0.25, 0.3) is 0 Å². The molecule has 1 heterocycles. The van der Waals surface area contributed by atoms with E-state index in [1.165, 1.54) is 23.1 Å². The zero-order chi connectivity index (χ0) is 17.9. The lowest BCUT2D eigenvalue weighted by atomic mass is 10.1. The Labute approximate surface area is 148 Å². The Morgan fingerprint density at radius 3 is 2.54 bits per heavy atom. The molecule has 4 amide bonds. The summed E-state index contributed by atoms with van der Waals surface area (Å²) in [6.45, 7) is 5.56. The summed E-state index contributed by atoms with van der Waals surface area (Å²) in [6, 6.07) is -0.667. The lowest BCUT2D eigenvalue weighted by Crippen LogP contribution is -2.42. The molecule has 1 saturated carbocycles. The molecule has 1 aliphatic carbocycles. The maximum atomic E-state index is 12.1. The lowest BCUT2D eigenvalue weighted by molar-refractivity contribution is -0.120. The molecule has 1 atom stereocenters. The minimum absolute atomic E-state index is 0.0251. The number of thioether (sulfide) groups is 1. The number of rotatable bonds is 7. The average molecular weight is 371 g/mol. The number of nitrogens with zero attached hydrogens (tertiary/aromatic N) is 3. The van der Waals surface area contributed by atoms with E-state index in [1.54, 1.807) is 4.90 Å². The number of carbonyl (C=O) groups excluding carboxylic acids is 3. The zero-order valence-corrected chi connectivity index (χ0v) is 15.4. The van der Waals surface area contributed by atoms with Crippen molar-refractivity contribution in [3.8, 4) is 0 Å². The van der Waals surface area contributed by atoms with Crippen molar-refractivity contribution in [2.45, 2.75) is 55.7 Å². The first kappa shape index (κ1) is 18.7. The summed E-state index contributed by atoms with van der Waals surface area (Å²) in [5.41, 5.74) is 5.01. The van der Waals surface area contributed by atoms with Gasteiger partial charge >= 0.3 is 6.03 Å². The van der Waals surface area contributed by atoms with Crippen LogP contribution in [0.5, 0.6) is 0 Å². The van der Waals surface area contributed by atoms with Crippen molar-refractivity contribution in [3.63, 3.8) is 0 Å². The van der Waals surface area contributed by atoms with Crippen molar-refractivity contribution in [1.82, 2.24) is 15.5 Å². The van der Waals surface area contributed by atoms with Crippen LogP contribution in [0, 0.1) is 5.92 Å². The van der Waals surface area contributed by atoms with Gasteiger partial charge in [0.1, 0.15) is 0 Å². The van der Waals surface area contributed by atoms with Crippen LogP contribution in [0.2, 0.25) is 0 Å². The fourth-order valence-corrected chi connectivity index (χ4v) is 4.25. The van der Waals surface area contributed by atoms with Gasteiger partial charge in [0.25, 0.3) is 0 Å². The zero-order valence-electron chi connectivity index (χ0n) is 13.8. The molecule has 0 bridgehead atoms. The molecule has 1 aliphatic rings. The van der Waals surface area contributed by atoms with Crippen molar-refractivity contribution in [2.24, 2.45) is 11.7 Å². The number of hydrogen-bond donors (Lipinski definition) is 2. The summed E-state index contributed by atoms with van der Waals surface area (Å²) in [6.07, 6.45) is 2.36. The minimum atomic E-state index is -0.877. The van der Waals surface area contributed by atoms with Gasteiger partial charge in [-0.2, -0.15) is 0 Å². The molecule has 132 valence electrons. The average Bonchev–Trinajstić information content (AvgIpc) is 3.22. The molecule has 1 aromatic rings. The van der Waals surface area contributed by atoms with Crippen LogP contribution in [0.1, 0.15) is 40.0 Å². The minimum Gasteiger partial charge on any atom is -0.351 e. The molecule has 0 aromatic carbocycles. The van der Waals surface area contributed by atoms with Gasteiger partial charge in [-0.15, -0.1) is 10.2 Å². The van der Waals surface area contributed by atoms with E-state index in [9.17, 15) is 14.4 Å². The Balaban J connectivity index is 2.12. The van der Waals surface area contributed by atoms with E-state index in [0.29, 0.717) is 15.9 Å². The predicted molar refractivity (Wildman–Crippen MR) is 92.9 cm³/mol. The number of carbonyl (C=O) groups is 3. The Morgan fingerprint density at radius 1 is 1.38 bits per heavy atom.